The van der Waals surface area contributed by atoms with Gasteiger partial charge in [0.2, 0.25) is 0 Å². The van der Waals surface area contributed by atoms with E-state index in [-0.39, 0.29) is 11.7 Å². The highest BCUT2D eigenvalue weighted by Crippen LogP contribution is 2.12. The minimum Gasteiger partial charge on any atom is -0.330 e. The Hall–Kier alpha value is -0.890. The van der Waals surface area contributed by atoms with E-state index in [0.29, 0.717) is 6.54 Å². The maximum Gasteiger partial charge on any atom is 0.123 e. The third-order valence-corrected chi connectivity index (χ3v) is 1.63. The van der Waals surface area contributed by atoms with E-state index in [2.05, 4.69) is 6.92 Å². The highest BCUT2D eigenvalue weighted by atomic mass is 19.1. The quantitative estimate of drug-likeness (QED) is 0.685. The van der Waals surface area contributed by atoms with Crippen molar-refractivity contribution in [2.45, 2.75) is 5.92 Å². The van der Waals surface area contributed by atoms with Crippen molar-refractivity contribution >= 4 is 0 Å². The Morgan fingerprint density at radius 1 is 1.36 bits per heavy atom. The van der Waals surface area contributed by atoms with E-state index in [9.17, 15) is 4.39 Å². The van der Waals surface area contributed by atoms with Crippen LogP contribution in [-0.2, 0) is 0 Å². The van der Waals surface area contributed by atoms with Crippen LogP contribution in [0.1, 0.15) is 11.5 Å². The van der Waals surface area contributed by atoms with E-state index >= 15 is 0 Å². The van der Waals surface area contributed by atoms with Gasteiger partial charge in [0.05, 0.1) is 0 Å². The molecule has 1 nitrogen and oxygen atoms in total. The number of nitrogens with two attached hydrogens (primary N) is 1. The molecule has 2 N–H and O–H groups in total. The average molecular weight is 152 g/mol. The second-order valence-corrected chi connectivity index (χ2v) is 2.48. The fourth-order valence-electron chi connectivity index (χ4n) is 0.871. The zero-order valence-electron chi connectivity index (χ0n) is 6.26. The molecule has 0 amide bonds. The summed E-state index contributed by atoms with van der Waals surface area (Å²) in [6.45, 7) is 4.30. The lowest BCUT2D eigenvalue weighted by Gasteiger charge is -2.07. The van der Waals surface area contributed by atoms with Gasteiger partial charge in [-0.3, -0.25) is 0 Å². The Morgan fingerprint density at radius 2 is 1.91 bits per heavy atom. The van der Waals surface area contributed by atoms with Crippen LogP contribution in [0, 0.1) is 12.7 Å². The van der Waals surface area contributed by atoms with Crippen LogP contribution in [0.15, 0.2) is 24.3 Å². The van der Waals surface area contributed by atoms with E-state index in [1.165, 1.54) is 12.1 Å². The lowest BCUT2D eigenvalue weighted by atomic mass is 10.0. The van der Waals surface area contributed by atoms with E-state index in [1.54, 1.807) is 12.1 Å². The minimum atomic E-state index is -0.224. The molecule has 0 saturated heterocycles. The van der Waals surface area contributed by atoms with Gasteiger partial charge in [0.15, 0.2) is 0 Å². The third-order valence-electron chi connectivity index (χ3n) is 1.63. The third kappa shape index (κ3) is 2.02. The summed E-state index contributed by atoms with van der Waals surface area (Å²) in [6.07, 6.45) is 0. The number of hydrogen-bond donors (Lipinski definition) is 1. The molecule has 11 heavy (non-hydrogen) atoms. The first-order valence-electron chi connectivity index (χ1n) is 3.52. The van der Waals surface area contributed by atoms with Crippen LogP contribution in [0.4, 0.5) is 4.39 Å². The van der Waals surface area contributed by atoms with Crippen molar-refractivity contribution in [3.63, 3.8) is 0 Å². The molecule has 0 aliphatic carbocycles. The summed E-state index contributed by atoms with van der Waals surface area (Å²) in [5.41, 5.74) is 6.37. The molecule has 0 aliphatic rings. The van der Waals surface area contributed by atoms with E-state index in [1.807, 2.05) is 0 Å². The van der Waals surface area contributed by atoms with Crippen molar-refractivity contribution in [3.05, 3.63) is 42.6 Å². The van der Waals surface area contributed by atoms with Crippen molar-refractivity contribution < 1.29 is 4.39 Å². The fourth-order valence-corrected chi connectivity index (χ4v) is 0.871. The Bertz CT molecular complexity index is 218. The second kappa shape index (κ2) is 3.49. The van der Waals surface area contributed by atoms with E-state index in [4.69, 9.17) is 5.73 Å². The van der Waals surface area contributed by atoms with Crippen LogP contribution in [0.2, 0.25) is 0 Å². The Labute approximate surface area is 66.0 Å². The predicted octanol–water partition coefficient (Wildman–Crippen LogP) is 1.70. The Balaban J connectivity index is 2.81. The molecule has 1 aromatic carbocycles. The molecule has 1 unspecified atom stereocenters. The Kier molecular flexibility index (Phi) is 2.60. The topological polar surface area (TPSA) is 26.0 Å². The average Bonchev–Trinajstić information content (AvgIpc) is 2.05. The minimum absolute atomic E-state index is 0.0654. The van der Waals surface area contributed by atoms with Gasteiger partial charge >= 0.3 is 0 Å². The number of rotatable bonds is 2. The van der Waals surface area contributed by atoms with E-state index < -0.39 is 0 Å². The van der Waals surface area contributed by atoms with Gasteiger partial charge < -0.3 is 5.73 Å². The van der Waals surface area contributed by atoms with Gasteiger partial charge in [-0.05, 0) is 37.1 Å². The van der Waals surface area contributed by atoms with Crippen molar-refractivity contribution in [1.82, 2.24) is 0 Å². The van der Waals surface area contributed by atoms with Gasteiger partial charge in [-0.15, -0.1) is 0 Å². The smallest absolute Gasteiger partial charge is 0.123 e. The molecule has 0 heterocycles. The second-order valence-electron chi connectivity index (χ2n) is 2.48. The lowest BCUT2D eigenvalue weighted by molar-refractivity contribution is 0.626. The molecular formula is C9H11FN. The maximum atomic E-state index is 12.4. The first-order chi connectivity index (χ1) is 5.24. The molecule has 1 aromatic rings. The van der Waals surface area contributed by atoms with Crippen molar-refractivity contribution in [3.8, 4) is 0 Å². The summed E-state index contributed by atoms with van der Waals surface area (Å²) in [5.74, 6) is -0.159. The zero-order chi connectivity index (χ0) is 8.27. The molecule has 0 fully saturated rings. The highest BCUT2D eigenvalue weighted by Gasteiger charge is 2.01. The molecule has 1 rings (SSSR count). The maximum absolute atomic E-state index is 12.4. The molecule has 2 heteroatoms. The summed E-state index contributed by atoms with van der Waals surface area (Å²) in [4.78, 5) is 0. The number of benzene rings is 1. The van der Waals surface area contributed by atoms with Gasteiger partial charge in [-0.1, -0.05) is 12.1 Å². The van der Waals surface area contributed by atoms with Crippen LogP contribution >= 0.6 is 0 Å². The van der Waals surface area contributed by atoms with Crippen LogP contribution < -0.4 is 5.73 Å². The Morgan fingerprint density at radius 3 is 2.36 bits per heavy atom. The molecule has 1 radical (unpaired) electrons. The molecule has 1 atom stereocenters. The molecule has 0 saturated carbocycles. The van der Waals surface area contributed by atoms with Crippen molar-refractivity contribution in [1.29, 1.82) is 0 Å². The van der Waals surface area contributed by atoms with Gasteiger partial charge in [-0.25, -0.2) is 4.39 Å². The SMILES string of the molecule is [CH2]C(CN)c1ccc(F)cc1. The molecule has 0 aliphatic heterocycles. The first kappa shape index (κ1) is 8.21. The van der Waals surface area contributed by atoms with E-state index in [0.717, 1.165) is 5.56 Å². The van der Waals surface area contributed by atoms with Gasteiger partial charge in [0.25, 0.3) is 0 Å². The van der Waals surface area contributed by atoms with Crippen LogP contribution in [0.5, 0.6) is 0 Å². The summed E-state index contributed by atoms with van der Waals surface area (Å²) in [6, 6.07) is 6.26. The summed E-state index contributed by atoms with van der Waals surface area (Å²) >= 11 is 0. The molecule has 0 spiro atoms. The van der Waals surface area contributed by atoms with Crippen LogP contribution in [0.3, 0.4) is 0 Å². The first-order valence-corrected chi connectivity index (χ1v) is 3.52. The summed E-state index contributed by atoms with van der Waals surface area (Å²) in [7, 11) is 0. The standard InChI is InChI=1S/C9H11FN/c1-7(6-11)8-2-4-9(10)5-3-8/h2-5,7H,1,6,11H2. The predicted molar refractivity (Wildman–Crippen MR) is 43.6 cm³/mol. The zero-order valence-corrected chi connectivity index (χ0v) is 6.26. The van der Waals surface area contributed by atoms with Crippen molar-refractivity contribution in [2.75, 3.05) is 6.54 Å². The van der Waals surface area contributed by atoms with Crippen molar-refractivity contribution in [2.24, 2.45) is 5.73 Å². The van der Waals surface area contributed by atoms with Crippen LogP contribution in [-0.4, -0.2) is 6.54 Å². The molecule has 0 bridgehead atoms. The van der Waals surface area contributed by atoms with Gasteiger partial charge in [0.1, 0.15) is 5.82 Å². The lowest BCUT2D eigenvalue weighted by Crippen LogP contribution is -2.08. The summed E-state index contributed by atoms with van der Waals surface area (Å²) in [5, 5.41) is 0. The molecule has 59 valence electrons. The normalized spacial score (nSPS) is 13.0. The van der Waals surface area contributed by atoms with Crippen LogP contribution in [0.25, 0.3) is 0 Å². The largest absolute Gasteiger partial charge is 0.330 e. The molecular weight excluding hydrogens is 141 g/mol. The number of hydrogen-bond acceptors (Lipinski definition) is 1. The number of halogens is 1. The summed E-state index contributed by atoms with van der Waals surface area (Å²) < 4.78 is 12.4. The molecule has 0 aromatic heterocycles. The van der Waals surface area contributed by atoms with Gasteiger partial charge in [0, 0.05) is 0 Å². The van der Waals surface area contributed by atoms with Gasteiger partial charge in [-0.2, -0.15) is 0 Å². The monoisotopic (exact) mass is 152 g/mol. The fraction of sp³-hybridized carbons (Fsp3) is 0.222. The highest BCUT2D eigenvalue weighted by molar-refractivity contribution is 5.21.